The molecule has 0 spiro atoms. The van der Waals surface area contributed by atoms with E-state index in [0.29, 0.717) is 34.0 Å². The Morgan fingerprint density at radius 2 is 1.87 bits per heavy atom. The molecule has 30 heavy (non-hydrogen) atoms. The summed E-state index contributed by atoms with van der Waals surface area (Å²) in [6.07, 6.45) is 5.01. The molecule has 5 rings (SSSR count). The molecule has 9 heteroatoms. The molecule has 4 heterocycles. The Bertz CT molecular complexity index is 1500. The first-order chi connectivity index (χ1) is 14.4. The zero-order chi connectivity index (χ0) is 21.0. The highest BCUT2D eigenvalue weighted by Gasteiger charge is 2.16. The third kappa shape index (κ3) is 2.78. The summed E-state index contributed by atoms with van der Waals surface area (Å²) in [5, 5.41) is 0.790. The van der Waals surface area contributed by atoms with Gasteiger partial charge in [0.25, 0.3) is 5.56 Å². The average molecular weight is 406 g/mol. The number of pyridine rings is 1. The van der Waals surface area contributed by atoms with Crippen LogP contribution in [0.4, 0.5) is 8.78 Å². The molecular formula is C21H16F2N6O. The number of hydrogen-bond donors (Lipinski definition) is 0. The van der Waals surface area contributed by atoms with Gasteiger partial charge in [-0.3, -0.25) is 9.36 Å². The fourth-order valence-corrected chi connectivity index (χ4v) is 3.54. The van der Waals surface area contributed by atoms with Gasteiger partial charge in [-0.1, -0.05) is 6.07 Å². The molecule has 0 aliphatic rings. The third-order valence-corrected chi connectivity index (χ3v) is 5.15. The van der Waals surface area contributed by atoms with Crippen LogP contribution in [0, 0.1) is 18.6 Å². The second kappa shape index (κ2) is 6.58. The van der Waals surface area contributed by atoms with Crippen molar-refractivity contribution in [1.82, 2.24) is 28.7 Å². The average Bonchev–Trinajstić information content (AvgIpc) is 3.28. The predicted octanol–water partition coefficient (Wildman–Crippen LogP) is 3.10. The van der Waals surface area contributed by atoms with E-state index in [4.69, 9.17) is 0 Å². The summed E-state index contributed by atoms with van der Waals surface area (Å²) in [5.74, 6) is -0.229. The summed E-state index contributed by atoms with van der Waals surface area (Å²) in [5.41, 5.74) is 1.50. The van der Waals surface area contributed by atoms with E-state index in [1.54, 1.807) is 41.7 Å². The van der Waals surface area contributed by atoms with Crippen molar-refractivity contribution in [2.24, 2.45) is 7.05 Å². The van der Waals surface area contributed by atoms with Crippen LogP contribution in [0.15, 0.2) is 53.7 Å². The van der Waals surface area contributed by atoms with E-state index in [0.717, 1.165) is 11.5 Å². The number of hydrogen-bond acceptors (Lipinski definition) is 4. The van der Waals surface area contributed by atoms with E-state index in [2.05, 4.69) is 15.0 Å². The molecule has 0 radical (unpaired) electrons. The van der Waals surface area contributed by atoms with Crippen molar-refractivity contribution < 1.29 is 8.78 Å². The summed E-state index contributed by atoms with van der Waals surface area (Å²) in [4.78, 5) is 26.1. The Morgan fingerprint density at radius 3 is 2.67 bits per heavy atom. The molecular weight excluding hydrogens is 390 g/mol. The zero-order valence-electron chi connectivity index (χ0n) is 16.2. The minimum Gasteiger partial charge on any atom is -0.317 e. The predicted molar refractivity (Wildman–Crippen MR) is 108 cm³/mol. The molecule has 0 saturated carbocycles. The van der Waals surface area contributed by atoms with E-state index >= 15 is 0 Å². The van der Waals surface area contributed by atoms with Gasteiger partial charge in [0.05, 0.1) is 12.7 Å². The van der Waals surface area contributed by atoms with Crippen molar-refractivity contribution in [3.63, 3.8) is 0 Å². The standard InChI is InChI=1S/C21H16F2N6O/c1-12-25-19-20(29(12)11-14-3-4-15(22)9-16(14)23)26-17(10-24-19)28-8-6-13-5-7-27(2)21(30)18(13)28/h3-10H,11H2,1-2H3. The topological polar surface area (TPSA) is 70.5 Å². The Balaban J connectivity index is 1.67. The number of aromatic nitrogens is 6. The minimum atomic E-state index is -0.639. The molecule has 7 nitrogen and oxygen atoms in total. The highest BCUT2D eigenvalue weighted by atomic mass is 19.1. The largest absolute Gasteiger partial charge is 0.317 e. The quantitative estimate of drug-likeness (QED) is 0.462. The normalized spacial score (nSPS) is 11.6. The van der Waals surface area contributed by atoms with Crippen molar-refractivity contribution in [1.29, 1.82) is 0 Å². The molecule has 0 saturated heterocycles. The van der Waals surface area contributed by atoms with Gasteiger partial charge in [-0.15, -0.1) is 0 Å². The lowest BCUT2D eigenvalue weighted by molar-refractivity contribution is 0.566. The SMILES string of the molecule is Cc1nc2ncc(-n3ccc4ccn(C)c(=O)c43)nc2n1Cc1ccc(F)cc1F. The lowest BCUT2D eigenvalue weighted by Crippen LogP contribution is -2.18. The first-order valence-corrected chi connectivity index (χ1v) is 9.23. The number of rotatable bonds is 3. The van der Waals surface area contributed by atoms with Crippen LogP contribution in [0.2, 0.25) is 0 Å². The third-order valence-electron chi connectivity index (χ3n) is 5.15. The minimum absolute atomic E-state index is 0.126. The smallest absolute Gasteiger partial charge is 0.275 e. The molecule has 0 aliphatic carbocycles. The summed E-state index contributed by atoms with van der Waals surface area (Å²) in [6, 6.07) is 7.15. The number of halogens is 2. The van der Waals surface area contributed by atoms with E-state index in [1.807, 2.05) is 12.1 Å². The monoisotopic (exact) mass is 406 g/mol. The first kappa shape index (κ1) is 18.2. The maximum Gasteiger partial charge on any atom is 0.275 e. The van der Waals surface area contributed by atoms with E-state index < -0.39 is 11.6 Å². The number of nitrogens with zero attached hydrogens (tertiary/aromatic N) is 6. The maximum atomic E-state index is 14.2. The first-order valence-electron chi connectivity index (χ1n) is 9.23. The fraction of sp³-hybridized carbons (Fsp3) is 0.143. The van der Waals surface area contributed by atoms with Crippen LogP contribution < -0.4 is 5.56 Å². The number of imidazole rings is 1. The molecule has 5 aromatic rings. The van der Waals surface area contributed by atoms with Gasteiger partial charge in [0.2, 0.25) is 0 Å². The van der Waals surface area contributed by atoms with E-state index in [-0.39, 0.29) is 12.1 Å². The van der Waals surface area contributed by atoms with Crippen LogP contribution in [-0.2, 0) is 13.6 Å². The van der Waals surface area contributed by atoms with Crippen molar-refractivity contribution in [3.8, 4) is 5.82 Å². The van der Waals surface area contributed by atoms with Gasteiger partial charge < -0.3 is 9.13 Å². The molecule has 0 unspecified atom stereocenters. The molecule has 0 aliphatic heterocycles. The van der Waals surface area contributed by atoms with Gasteiger partial charge >= 0.3 is 0 Å². The van der Waals surface area contributed by atoms with Gasteiger partial charge in [0.1, 0.15) is 23.0 Å². The molecule has 0 bridgehead atoms. The summed E-state index contributed by atoms with van der Waals surface area (Å²) >= 11 is 0. The molecule has 150 valence electrons. The molecule has 0 atom stereocenters. The number of fused-ring (bicyclic) bond motifs is 2. The van der Waals surface area contributed by atoms with Crippen LogP contribution in [-0.4, -0.2) is 28.7 Å². The van der Waals surface area contributed by atoms with Crippen LogP contribution in [0.5, 0.6) is 0 Å². The van der Waals surface area contributed by atoms with E-state index in [9.17, 15) is 13.6 Å². The van der Waals surface area contributed by atoms with Crippen molar-refractivity contribution >= 4 is 22.2 Å². The summed E-state index contributed by atoms with van der Waals surface area (Å²) in [7, 11) is 1.68. The Morgan fingerprint density at radius 1 is 1.07 bits per heavy atom. The lowest BCUT2D eigenvalue weighted by Gasteiger charge is -2.09. The second-order valence-electron chi connectivity index (χ2n) is 7.08. The van der Waals surface area contributed by atoms with Crippen LogP contribution in [0.1, 0.15) is 11.4 Å². The maximum absolute atomic E-state index is 14.2. The Labute approximate surface area is 168 Å². The van der Waals surface area contributed by atoms with Crippen molar-refractivity contribution in [3.05, 3.63) is 82.3 Å². The van der Waals surface area contributed by atoms with E-state index in [1.165, 1.54) is 16.7 Å². The summed E-state index contributed by atoms with van der Waals surface area (Å²) in [6.45, 7) is 1.89. The highest BCUT2D eigenvalue weighted by molar-refractivity contribution is 5.81. The molecule has 0 fully saturated rings. The lowest BCUT2D eigenvalue weighted by atomic mass is 10.2. The van der Waals surface area contributed by atoms with Gasteiger partial charge in [-0.25, -0.2) is 23.7 Å². The summed E-state index contributed by atoms with van der Waals surface area (Å²) < 4.78 is 32.3. The Kier molecular flexibility index (Phi) is 3.99. The molecule has 0 N–H and O–H groups in total. The second-order valence-corrected chi connectivity index (χ2v) is 7.08. The van der Waals surface area contributed by atoms with Crippen molar-refractivity contribution in [2.75, 3.05) is 0 Å². The molecule has 1 aromatic carbocycles. The Hall–Kier alpha value is -3.88. The zero-order valence-corrected chi connectivity index (χ0v) is 16.2. The van der Waals surface area contributed by atoms with Crippen molar-refractivity contribution in [2.45, 2.75) is 13.5 Å². The number of aryl methyl sites for hydroxylation is 2. The van der Waals surface area contributed by atoms with Crippen LogP contribution in [0.25, 0.3) is 28.0 Å². The van der Waals surface area contributed by atoms with Gasteiger partial charge in [0, 0.05) is 36.5 Å². The number of benzene rings is 1. The molecule has 4 aromatic heterocycles. The molecule has 0 amide bonds. The van der Waals surface area contributed by atoms with Crippen LogP contribution in [0.3, 0.4) is 0 Å². The fourth-order valence-electron chi connectivity index (χ4n) is 3.54. The van der Waals surface area contributed by atoms with Gasteiger partial charge in [-0.05, 0) is 25.1 Å². The van der Waals surface area contributed by atoms with Gasteiger partial charge in [-0.2, -0.15) is 0 Å². The van der Waals surface area contributed by atoms with Crippen LogP contribution >= 0.6 is 0 Å². The van der Waals surface area contributed by atoms with Gasteiger partial charge in [0.15, 0.2) is 17.1 Å². The highest BCUT2D eigenvalue weighted by Crippen LogP contribution is 2.20.